The summed E-state index contributed by atoms with van der Waals surface area (Å²) in [6.07, 6.45) is 0. The van der Waals surface area contributed by atoms with Crippen LogP contribution in [0.4, 0.5) is 0 Å². The molecule has 2 nitrogen and oxygen atoms in total. The molecule has 3 aromatic carbocycles. The zero-order chi connectivity index (χ0) is 17.8. The summed E-state index contributed by atoms with van der Waals surface area (Å²) < 4.78 is 6.20. The standard InChI is InChI=1S/C24H17O2/c25-23(19-12-6-2-7-13-19)21-16-17-22(18-10-4-1-5-11-18)26-24(21)20-14-8-3-9-15-20/h1-17H/q+1. The topological polar surface area (TPSA) is 28.4 Å². The van der Waals surface area contributed by atoms with Gasteiger partial charge in [-0.2, -0.15) is 0 Å². The summed E-state index contributed by atoms with van der Waals surface area (Å²) in [6, 6.07) is 32.6. The molecule has 0 aliphatic rings. The van der Waals surface area contributed by atoms with Gasteiger partial charge < -0.3 is 0 Å². The summed E-state index contributed by atoms with van der Waals surface area (Å²) in [7, 11) is 0. The Hall–Kier alpha value is -3.52. The first-order valence-electron chi connectivity index (χ1n) is 8.51. The van der Waals surface area contributed by atoms with Crippen molar-refractivity contribution in [3.8, 4) is 22.6 Å². The average molecular weight is 337 g/mol. The van der Waals surface area contributed by atoms with E-state index >= 15 is 0 Å². The minimum Gasteiger partial charge on any atom is -0.288 e. The summed E-state index contributed by atoms with van der Waals surface area (Å²) >= 11 is 0. The van der Waals surface area contributed by atoms with Crippen LogP contribution in [0.15, 0.2) is 108 Å². The van der Waals surface area contributed by atoms with Gasteiger partial charge in [0.25, 0.3) is 0 Å². The highest BCUT2D eigenvalue weighted by Gasteiger charge is 2.27. The van der Waals surface area contributed by atoms with Crippen LogP contribution < -0.4 is 0 Å². The number of carbonyl (C=O) groups is 1. The third-order valence-electron chi connectivity index (χ3n) is 4.23. The second-order valence-electron chi connectivity index (χ2n) is 5.97. The molecule has 124 valence electrons. The van der Waals surface area contributed by atoms with Crippen molar-refractivity contribution in [3.63, 3.8) is 0 Å². The van der Waals surface area contributed by atoms with Gasteiger partial charge in [0, 0.05) is 11.6 Å². The van der Waals surface area contributed by atoms with E-state index in [-0.39, 0.29) is 5.78 Å². The van der Waals surface area contributed by atoms with E-state index in [0.717, 1.165) is 16.9 Å². The first kappa shape index (κ1) is 16.0. The molecule has 2 heteroatoms. The molecule has 0 amide bonds. The minimum absolute atomic E-state index is 0.0483. The maximum atomic E-state index is 13.0. The summed E-state index contributed by atoms with van der Waals surface area (Å²) in [5, 5.41) is 0. The lowest BCUT2D eigenvalue weighted by atomic mass is 9.98. The van der Waals surface area contributed by atoms with E-state index in [1.807, 2.05) is 103 Å². The van der Waals surface area contributed by atoms with E-state index in [1.54, 1.807) is 0 Å². The fourth-order valence-corrected chi connectivity index (χ4v) is 2.92. The van der Waals surface area contributed by atoms with Crippen LogP contribution >= 0.6 is 0 Å². The lowest BCUT2D eigenvalue weighted by Crippen LogP contribution is -2.03. The van der Waals surface area contributed by atoms with Gasteiger partial charge in [0.2, 0.25) is 5.78 Å². The van der Waals surface area contributed by atoms with E-state index in [9.17, 15) is 4.79 Å². The number of rotatable bonds is 4. The van der Waals surface area contributed by atoms with Crippen molar-refractivity contribution >= 4 is 5.78 Å². The van der Waals surface area contributed by atoms with Crippen LogP contribution in [0.3, 0.4) is 0 Å². The molecule has 0 unspecified atom stereocenters. The third-order valence-corrected chi connectivity index (χ3v) is 4.23. The van der Waals surface area contributed by atoms with Crippen molar-refractivity contribution in [2.24, 2.45) is 0 Å². The molecule has 4 rings (SSSR count). The molecular formula is C24H17O2+. The van der Waals surface area contributed by atoms with Gasteiger partial charge in [-0.15, -0.1) is 0 Å². The number of hydrogen-bond donors (Lipinski definition) is 0. The molecule has 0 N–H and O–H groups in total. The molecule has 0 saturated carbocycles. The molecule has 1 aromatic heterocycles. The molecule has 1 heterocycles. The zero-order valence-electron chi connectivity index (χ0n) is 14.1. The monoisotopic (exact) mass is 337 g/mol. The Morgan fingerprint density at radius 1 is 0.577 bits per heavy atom. The van der Waals surface area contributed by atoms with Crippen LogP contribution in [0, 0.1) is 0 Å². The highest BCUT2D eigenvalue weighted by molar-refractivity contribution is 6.12. The second-order valence-corrected chi connectivity index (χ2v) is 5.97. The highest BCUT2D eigenvalue weighted by atomic mass is 16.3. The van der Waals surface area contributed by atoms with E-state index in [1.165, 1.54) is 0 Å². The normalized spacial score (nSPS) is 10.5. The molecular weight excluding hydrogens is 320 g/mol. The quantitative estimate of drug-likeness (QED) is 0.331. The summed E-state index contributed by atoms with van der Waals surface area (Å²) in [5.74, 6) is 1.27. The fraction of sp³-hybridized carbons (Fsp3) is 0. The Morgan fingerprint density at radius 2 is 1.12 bits per heavy atom. The zero-order valence-corrected chi connectivity index (χ0v) is 14.1. The van der Waals surface area contributed by atoms with Gasteiger partial charge in [-0.25, -0.2) is 4.42 Å². The number of ketones is 1. The van der Waals surface area contributed by atoms with Crippen LogP contribution in [-0.2, 0) is 0 Å². The van der Waals surface area contributed by atoms with Crippen molar-refractivity contribution in [2.75, 3.05) is 0 Å². The first-order valence-corrected chi connectivity index (χ1v) is 8.51. The van der Waals surface area contributed by atoms with Crippen molar-refractivity contribution in [3.05, 3.63) is 114 Å². The van der Waals surface area contributed by atoms with Gasteiger partial charge in [0.05, 0.1) is 11.1 Å². The molecule has 0 atom stereocenters. The minimum atomic E-state index is -0.0483. The van der Waals surface area contributed by atoms with E-state index < -0.39 is 0 Å². The van der Waals surface area contributed by atoms with Crippen LogP contribution in [-0.4, -0.2) is 5.78 Å². The Morgan fingerprint density at radius 3 is 1.73 bits per heavy atom. The Kier molecular flexibility index (Phi) is 4.40. The van der Waals surface area contributed by atoms with E-state index in [4.69, 9.17) is 4.42 Å². The maximum absolute atomic E-state index is 13.0. The summed E-state index contributed by atoms with van der Waals surface area (Å²) in [5.41, 5.74) is 3.06. The van der Waals surface area contributed by atoms with Crippen LogP contribution in [0.25, 0.3) is 22.6 Å². The Labute approximate surface area is 152 Å². The molecule has 0 aliphatic carbocycles. The predicted octanol–water partition coefficient (Wildman–Crippen LogP) is 6.13. The van der Waals surface area contributed by atoms with Crippen molar-refractivity contribution in [2.45, 2.75) is 0 Å². The van der Waals surface area contributed by atoms with Crippen molar-refractivity contribution < 1.29 is 9.21 Å². The largest absolute Gasteiger partial charge is 0.371 e. The second kappa shape index (κ2) is 7.16. The lowest BCUT2D eigenvalue weighted by Gasteiger charge is -2.02. The van der Waals surface area contributed by atoms with Gasteiger partial charge in [0.15, 0.2) is 0 Å². The number of carbonyl (C=O) groups excluding carboxylic acids is 1. The van der Waals surface area contributed by atoms with Gasteiger partial charge in [-0.3, -0.25) is 4.79 Å². The summed E-state index contributed by atoms with van der Waals surface area (Å²) in [4.78, 5) is 13.0. The van der Waals surface area contributed by atoms with Crippen molar-refractivity contribution in [1.29, 1.82) is 0 Å². The average Bonchev–Trinajstić information content (AvgIpc) is 2.75. The van der Waals surface area contributed by atoms with Gasteiger partial charge in [-0.1, -0.05) is 66.7 Å². The highest BCUT2D eigenvalue weighted by Crippen LogP contribution is 2.31. The van der Waals surface area contributed by atoms with Gasteiger partial charge >= 0.3 is 11.5 Å². The van der Waals surface area contributed by atoms with E-state index in [2.05, 4.69) is 0 Å². The molecule has 0 spiro atoms. The molecule has 0 fully saturated rings. The number of hydrogen-bond acceptors (Lipinski definition) is 1. The smallest absolute Gasteiger partial charge is 0.288 e. The molecule has 0 aliphatic heterocycles. The van der Waals surface area contributed by atoms with E-state index in [0.29, 0.717) is 16.9 Å². The summed E-state index contributed by atoms with van der Waals surface area (Å²) in [6.45, 7) is 0. The third kappa shape index (κ3) is 3.17. The molecule has 4 aromatic rings. The van der Waals surface area contributed by atoms with Gasteiger partial charge in [-0.05, 0) is 30.3 Å². The molecule has 0 radical (unpaired) electrons. The predicted molar refractivity (Wildman–Crippen MR) is 104 cm³/mol. The van der Waals surface area contributed by atoms with Crippen LogP contribution in [0.2, 0.25) is 0 Å². The van der Waals surface area contributed by atoms with Crippen LogP contribution in [0.1, 0.15) is 15.9 Å². The molecule has 26 heavy (non-hydrogen) atoms. The SMILES string of the molecule is O=C(c1ccccc1)c1ccc(-c2ccccc2)[o+]c1-c1ccccc1. The van der Waals surface area contributed by atoms with Crippen LogP contribution in [0.5, 0.6) is 0 Å². The molecule has 0 bridgehead atoms. The van der Waals surface area contributed by atoms with Gasteiger partial charge in [0.1, 0.15) is 5.56 Å². The maximum Gasteiger partial charge on any atom is 0.371 e. The lowest BCUT2D eigenvalue weighted by molar-refractivity contribution is 0.103. The Balaban J connectivity index is 1.88. The van der Waals surface area contributed by atoms with Crippen molar-refractivity contribution in [1.82, 2.24) is 0 Å². The number of benzene rings is 3. The first-order chi connectivity index (χ1) is 12.8. The fourth-order valence-electron chi connectivity index (χ4n) is 2.92. The molecule has 0 saturated heterocycles. The Bertz CT molecular complexity index is 1020.